The normalized spacial score (nSPS) is 18.7. The van der Waals surface area contributed by atoms with E-state index in [4.69, 9.17) is 18.1 Å². The highest BCUT2D eigenvalue weighted by Crippen LogP contribution is 1.91. The topological polar surface area (TPSA) is 53.3 Å². The Morgan fingerprint density at radius 2 is 2.10 bits per heavy atom. The second kappa shape index (κ2) is 3.70. The Morgan fingerprint density at radius 3 is 2.60 bits per heavy atom. The van der Waals surface area contributed by atoms with Crippen molar-refractivity contribution in [2.75, 3.05) is 26.2 Å². The van der Waals surface area contributed by atoms with Gasteiger partial charge in [0.15, 0.2) is 5.11 Å². The van der Waals surface area contributed by atoms with Gasteiger partial charge in [-0.15, -0.1) is 0 Å². The highest BCUT2D eigenvalue weighted by atomic mass is 32.1. The number of hydrazine groups is 1. The lowest BCUT2D eigenvalue weighted by atomic mass is 10.4. The van der Waals surface area contributed by atoms with E-state index in [2.05, 4.69) is 10.7 Å². The highest BCUT2D eigenvalue weighted by molar-refractivity contribution is 7.80. The van der Waals surface area contributed by atoms with E-state index in [9.17, 15) is 0 Å². The molecule has 0 aromatic carbocycles. The molecule has 58 valence electrons. The molecule has 1 aliphatic rings. The molecule has 10 heavy (non-hydrogen) atoms. The summed E-state index contributed by atoms with van der Waals surface area (Å²) in [6.07, 6.45) is 0. The second-order valence-electron chi connectivity index (χ2n) is 2.19. The summed E-state index contributed by atoms with van der Waals surface area (Å²) in [5.74, 6) is 5.15. The van der Waals surface area contributed by atoms with Crippen LogP contribution in [0.15, 0.2) is 0 Å². The molecule has 0 saturated carbocycles. The van der Waals surface area contributed by atoms with Crippen LogP contribution >= 0.6 is 12.2 Å². The first-order valence-corrected chi connectivity index (χ1v) is 3.71. The van der Waals surface area contributed by atoms with Gasteiger partial charge in [-0.1, -0.05) is 0 Å². The fourth-order valence-electron chi connectivity index (χ4n) is 0.959. The van der Waals surface area contributed by atoms with Crippen LogP contribution in [-0.2, 0) is 0 Å². The SMILES string of the molecule is NNC(=S)N1CCNCC1. The first-order chi connectivity index (χ1) is 4.84. The van der Waals surface area contributed by atoms with Crippen LogP contribution in [0.4, 0.5) is 0 Å². The van der Waals surface area contributed by atoms with Crippen LogP contribution in [0.2, 0.25) is 0 Å². The van der Waals surface area contributed by atoms with Gasteiger partial charge < -0.3 is 15.6 Å². The number of hydrogen-bond donors (Lipinski definition) is 3. The van der Waals surface area contributed by atoms with Gasteiger partial charge in [0.2, 0.25) is 0 Å². The molecule has 0 amide bonds. The average molecular weight is 160 g/mol. The Morgan fingerprint density at radius 1 is 1.50 bits per heavy atom. The minimum Gasteiger partial charge on any atom is -0.346 e. The maximum absolute atomic E-state index is 5.15. The Balaban J connectivity index is 2.31. The van der Waals surface area contributed by atoms with Gasteiger partial charge in [-0.2, -0.15) is 0 Å². The van der Waals surface area contributed by atoms with Crippen molar-refractivity contribution < 1.29 is 0 Å². The molecule has 1 fully saturated rings. The summed E-state index contributed by atoms with van der Waals surface area (Å²) < 4.78 is 0. The summed E-state index contributed by atoms with van der Waals surface area (Å²) in [4.78, 5) is 2.05. The Labute approximate surface area is 65.7 Å². The molecule has 1 saturated heterocycles. The summed E-state index contributed by atoms with van der Waals surface area (Å²) in [6, 6.07) is 0. The van der Waals surface area contributed by atoms with Gasteiger partial charge in [0.1, 0.15) is 0 Å². The third-order valence-corrected chi connectivity index (χ3v) is 1.90. The lowest BCUT2D eigenvalue weighted by molar-refractivity contribution is 0.353. The van der Waals surface area contributed by atoms with Crippen LogP contribution in [0, 0.1) is 0 Å². The Hall–Kier alpha value is -0.390. The molecule has 1 rings (SSSR count). The number of rotatable bonds is 0. The van der Waals surface area contributed by atoms with Crippen LogP contribution in [0.3, 0.4) is 0 Å². The van der Waals surface area contributed by atoms with E-state index in [0.29, 0.717) is 5.11 Å². The largest absolute Gasteiger partial charge is 0.346 e. The van der Waals surface area contributed by atoms with Gasteiger partial charge in [-0.3, -0.25) is 0 Å². The number of nitrogens with two attached hydrogens (primary N) is 1. The van der Waals surface area contributed by atoms with Crippen LogP contribution in [0.5, 0.6) is 0 Å². The lowest BCUT2D eigenvalue weighted by Crippen LogP contribution is -2.51. The molecule has 0 aliphatic carbocycles. The third-order valence-electron chi connectivity index (χ3n) is 1.53. The van der Waals surface area contributed by atoms with Crippen molar-refractivity contribution in [3.05, 3.63) is 0 Å². The molecule has 0 spiro atoms. The zero-order valence-corrected chi connectivity index (χ0v) is 6.58. The van der Waals surface area contributed by atoms with Gasteiger partial charge in [0.25, 0.3) is 0 Å². The fraction of sp³-hybridized carbons (Fsp3) is 0.800. The zero-order chi connectivity index (χ0) is 7.40. The molecular weight excluding hydrogens is 148 g/mol. The van der Waals surface area contributed by atoms with Gasteiger partial charge in [0, 0.05) is 26.2 Å². The summed E-state index contributed by atoms with van der Waals surface area (Å²) in [7, 11) is 0. The van der Waals surface area contributed by atoms with Crippen LogP contribution in [-0.4, -0.2) is 36.2 Å². The minimum atomic E-state index is 0.640. The predicted molar refractivity (Wildman–Crippen MR) is 44.4 cm³/mol. The van der Waals surface area contributed by atoms with E-state index in [1.54, 1.807) is 0 Å². The van der Waals surface area contributed by atoms with Crippen LogP contribution in [0.1, 0.15) is 0 Å². The van der Waals surface area contributed by atoms with E-state index in [1.165, 1.54) is 0 Å². The number of nitrogens with one attached hydrogen (secondary N) is 2. The van der Waals surface area contributed by atoms with Crippen LogP contribution < -0.4 is 16.6 Å². The van der Waals surface area contributed by atoms with E-state index >= 15 is 0 Å². The molecule has 4 nitrogen and oxygen atoms in total. The monoisotopic (exact) mass is 160 g/mol. The van der Waals surface area contributed by atoms with Gasteiger partial charge in [-0.05, 0) is 12.2 Å². The molecule has 4 N–H and O–H groups in total. The van der Waals surface area contributed by atoms with Gasteiger partial charge in [-0.25, -0.2) is 5.84 Å². The van der Waals surface area contributed by atoms with E-state index in [-0.39, 0.29) is 0 Å². The number of hydrogen-bond acceptors (Lipinski definition) is 3. The fourth-order valence-corrected chi connectivity index (χ4v) is 1.14. The molecule has 0 unspecified atom stereocenters. The van der Waals surface area contributed by atoms with Crippen molar-refractivity contribution in [3.63, 3.8) is 0 Å². The van der Waals surface area contributed by atoms with Crippen molar-refractivity contribution in [1.29, 1.82) is 0 Å². The number of piperazine rings is 1. The lowest BCUT2D eigenvalue weighted by Gasteiger charge is -2.28. The Bertz CT molecular complexity index is 121. The van der Waals surface area contributed by atoms with Gasteiger partial charge >= 0.3 is 0 Å². The molecule has 0 aromatic rings. The molecule has 0 atom stereocenters. The third kappa shape index (κ3) is 1.80. The molecule has 1 aliphatic heterocycles. The quantitative estimate of drug-likeness (QED) is 0.232. The van der Waals surface area contributed by atoms with Crippen molar-refractivity contribution in [2.45, 2.75) is 0 Å². The standard InChI is InChI=1S/C5H12N4S/c6-8-5(10)9-3-1-7-2-4-9/h7H,1-4,6H2,(H,8,10). The van der Waals surface area contributed by atoms with Crippen molar-refractivity contribution in [1.82, 2.24) is 15.6 Å². The number of thiocarbonyl (C=S) groups is 1. The molecule has 0 bridgehead atoms. The maximum atomic E-state index is 5.15. The highest BCUT2D eigenvalue weighted by Gasteiger charge is 2.10. The molecule has 1 heterocycles. The summed E-state index contributed by atoms with van der Waals surface area (Å²) in [5.41, 5.74) is 2.46. The summed E-state index contributed by atoms with van der Waals surface area (Å²) >= 11 is 4.94. The van der Waals surface area contributed by atoms with E-state index in [1.807, 2.05) is 4.90 Å². The van der Waals surface area contributed by atoms with E-state index < -0.39 is 0 Å². The Kier molecular flexibility index (Phi) is 2.85. The number of nitrogens with zero attached hydrogens (tertiary/aromatic N) is 1. The maximum Gasteiger partial charge on any atom is 0.183 e. The smallest absolute Gasteiger partial charge is 0.183 e. The van der Waals surface area contributed by atoms with Crippen molar-refractivity contribution in [3.8, 4) is 0 Å². The second-order valence-corrected chi connectivity index (χ2v) is 2.57. The molecule has 5 heteroatoms. The van der Waals surface area contributed by atoms with Crippen molar-refractivity contribution in [2.24, 2.45) is 5.84 Å². The average Bonchev–Trinajstić information content (AvgIpc) is 2.05. The van der Waals surface area contributed by atoms with Gasteiger partial charge in [0.05, 0.1) is 0 Å². The van der Waals surface area contributed by atoms with E-state index in [0.717, 1.165) is 26.2 Å². The zero-order valence-electron chi connectivity index (χ0n) is 5.76. The molecule has 0 aromatic heterocycles. The van der Waals surface area contributed by atoms with Crippen LogP contribution in [0.25, 0.3) is 0 Å². The minimum absolute atomic E-state index is 0.640. The first kappa shape index (κ1) is 7.71. The molecular formula is C5H12N4S. The predicted octanol–water partition coefficient (Wildman–Crippen LogP) is -1.36. The first-order valence-electron chi connectivity index (χ1n) is 3.31. The summed E-state index contributed by atoms with van der Waals surface area (Å²) in [6.45, 7) is 3.87. The summed E-state index contributed by atoms with van der Waals surface area (Å²) in [5, 5.41) is 3.86. The molecule has 0 radical (unpaired) electrons. The van der Waals surface area contributed by atoms with Crippen molar-refractivity contribution >= 4 is 17.3 Å².